The number of fused-ring (bicyclic) bond motifs is 3. The van der Waals surface area contributed by atoms with Crippen LogP contribution in [-0.2, 0) is 0 Å². The van der Waals surface area contributed by atoms with E-state index in [0.717, 1.165) is 37.9 Å². The van der Waals surface area contributed by atoms with Gasteiger partial charge in [0.15, 0.2) is 5.96 Å². The van der Waals surface area contributed by atoms with Gasteiger partial charge in [0.2, 0.25) is 0 Å². The molecule has 0 aliphatic carbocycles. The van der Waals surface area contributed by atoms with Gasteiger partial charge >= 0.3 is 0 Å². The lowest BCUT2D eigenvalue weighted by atomic mass is 10.1. The van der Waals surface area contributed by atoms with E-state index < -0.39 is 0 Å². The van der Waals surface area contributed by atoms with Crippen molar-refractivity contribution in [3.05, 3.63) is 29.8 Å². The smallest absolute Gasteiger partial charge is 0.191 e. The van der Waals surface area contributed by atoms with Gasteiger partial charge in [-0.15, -0.1) is 0 Å². The monoisotopic (exact) mass is 345 g/mol. The summed E-state index contributed by atoms with van der Waals surface area (Å²) in [4.78, 5) is 9.91. The average Bonchev–Trinajstić information content (AvgIpc) is 2.65. The van der Waals surface area contributed by atoms with Crippen molar-refractivity contribution in [2.75, 3.05) is 59.0 Å². The molecule has 1 aromatic rings. The molecule has 3 fully saturated rings. The molecular formula is C19H31N5O. The molecule has 4 rings (SSSR count). The second-order valence-electron chi connectivity index (χ2n) is 6.80. The van der Waals surface area contributed by atoms with Gasteiger partial charge in [0.05, 0.1) is 13.1 Å². The maximum Gasteiger partial charge on any atom is 0.191 e. The van der Waals surface area contributed by atoms with Crippen LogP contribution in [0.4, 0.5) is 0 Å². The number of ether oxygens (including phenoxy) is 1. The van der Waals surface area contributed by atoms with Gasteiger partial charge in [0, 0.05) is 45.3 Å². The van der Waals surface area contributed by atoms with Crippen molar-refractivity contribution < 1.29 is 4.74 Å². The van der Waals surface area contributed by atoms with Gasteiger partial charge in [-0.1, -0.05) is 17.7 Å². The molecule has 3 aliphatic heterocycles. The Kier molecular flexibility index (Phi) is 6.53. The van der Waals surface area contributed by atoms with E-state index in [9.17, 15) is 0 Å². The minimum atomic E-state index is 0.557. The number of guanidine groups is 1. The number of hydrogen-bond acceptors (Lipinski definition) is 4. The Morgan fingerprint density at radius 1 is 1.16 bits per heavy atom. The van der Waals surface area contributed by atoms with E-state index >= 15 is 0 Å². The predicted molar refractivity (Wildman–Crippen MR) is 102 cm³/mol. The molecule has 0 saturated carbocycles. The van der Waals surface area contributed by atoms with Crippen molar-refractivity contribution in [3.63, 3.8) is 0 Å². The third-order valence-corrected chi connectivity index (χ3v) is 4.88. The molecule has 3 saturated heterocycles. The topological polar surface area (TPSA) is 52.1 Å². The molecule has 3 heterocycles. The summed E-state index contributed by atoms with van der Waals surface area (Å²) >= 11 is 0. The molecular weight excluding hydrogens is 314 g/mol. The molecule has 0 spiro atoms. The molecule has 2 N–H and O–H groups in total. The van der Waals surface area contributed by atoms with Crippen LogP contribution in [0.3, 0.4) is 0 Å². The molecule has 6 heteroatoms. The van der Waals surface area contributed by atoms with Gasteiger partial charge in [-0.2, -0.15) is 0 Å². The molecule has 6 nitrogen and oxygen atoms in total. The standard InChI is InChI=1S/C19H31N5O/c1-3-20-19(21-8-13-25-18-6-4-16(2)5-7-18)22-14-17-15-23-9-11-24(17)12-10-23/h4-7,17H,3,8-15H2,1-2H3,(H2,20,21,22). The van der Waals surface area contributed by atoms with Crippen molar-refractivity contribution >= 4 is 5.96 Å². The summed E-state index contributed by atoms with van der Waals surface area (Å²) in [6.45, 7) is 13.2. The van der Waals surface area contributed by atoms with Crippen molar-refractivity contribution in [3.8, 4) is 5.75 Å². The van der Waals surface area contributed by atoms with E-state index in [-0.39, 0.29) is 0 Å². The first-order valence-electron chi connectivity index (χ1n) is 9.42. The van der Waals surface area contributed by atoms with Crippen molar-refractivity contribution in [1.29, 1.82) is 0 Å². The van der Waals surface area contributed by atoms with Gasteiger partial charge in [-0.3, -0.25) is 14.8 Å². The van der Waals surface area contributed by atoms with Crippen LogP contribution in [0.1, 0.15) is 12.5 Å². The maximum absolute atomic E-state index is 5.76. The summed E-state index contributed by atoms with van der Waals surface area (Å²) in [6.07, 6.45) is 0. The highest BCUT2D eigenvalue weighted by molar-refractivity contribution is 5.79. The predicted octanol–water partition coefficient (Wildman–Crippen LogP) is 0.929. The van der Waals surface area contributed by atoms with Crippen LogP contribution in [0.5, 0.6) is 5.75 Å². The zero-order valence-corrected chi connectivity index (χ0v) is 15.5. The summed E-state index contributed by atoms with van der Waals surface area (Å²) in [6, 6.07) is 8.71. The zero-order valence-electron chi connectivity index (χ0n) is 15.5. The molecule has 0 aromatic heterocycles. The van der Waals surface area contributed by atoms with Gasteiger partial charge in [-0.05, 0) is 26.0 Å². The molecule has 0 radical (unpaired) electrons. The Morgan fingerprint density at radius 3 is 2.56 bits per heavy atom. The van der Waals surface area contributed by atoms with Crippen molar-refractivity contribution in [1.82, 2.24) is 20.4 Å². The first kappa shape index (κ1) is 18.0. The highest BCUT2D eigenvalue weighted by atomic mass is 16.5. The van der Waals surface area contributed by atoms with Crippen LogP contribution >= 0.6 is 0 Å². The molecule has 1 unspecified atom stereocenters. The second kappa shape index (κ2) is 9.06. The van der Waals surface area contributed by atoms with Gasteiger partial charge in [0.1, 0.15) is 12.4 Å². The summed E-state index contributed by atoms with van der Waals surface area (Å²) in [7, 11) is 0. The Hall–Kier alpha value is -1.79. The van der Waals surface area contributed by atoms with Crippen molar-refractivity contribution in [2.24, 2.45) is 4.99 Å². The Labute approximate surface area is 151 Å². The third-order valence-electron chi connectivity index (χ3n) is 4.88. The van der Waals surface area contributed by atoms with Gasteiger partial charge in [0.25, 0.3) is 0 Å². The average molecular weight is 345 g/mol. The number of hydrogen-bond donors (Lipinski definition) is 2. The van der Waals surface area contributed by atoms with E-state index in [1.807, 2.05) is 12.1 Å². The summed E-state index contributed by atoms with van der Waals surface area (Å²) in [5.74, 6) is 1.79. The molecule has 1 aromatic carbocycles. The van der Waals surface area contributed by atoms with E-state index in [1.165, 1.54) is 31.7 Å². The molecule has 3 aliphatic rings. The number of nitrogens with one attached hydrogen (secondary N) is 2. The van der Waals surface area contributed by atoms with Crippen LogP contribution in [-0.4, -0.2) is 80.8 Å². The van der Waals surface area contributed by atoms with Crippen LogP contribution in [0.2, 0.25) is 0 Å². The fourth-order valence-corrected chi connectivity index (χ4v) is 3.41. The number of aliphatic imine (C=N–C) groups is 1. The highest BCUT2D eigenvalue weighted by Gasteiger charge is 2.31. The number of piperazine rings is 3. The largest absolute Gasteiger partial charge is 0.492 e. The lowest BCUT2D eigenvalue weighted by Gasteiger charge is -2.47. The van der Waals surface area contributed by atoms with E-state index in [2.05, 4.69) is 46.4 Å². The molecule has 2 bridgehead atoms. The number of aryl methyl sites for hydroxylation is 1. The molecule has 25 heavy (non-hydrogen) atoms. The Balaban J connectivity index is 1.41. The van der Waals surface area contributed by atoms with Gasteiger partial charge in [-0.25, -0.2) is 0 Å². The lowest BCUT2D eigenvalue weighted by molar-refractivity contribution is 0.0174. The normalized spacial score (nSPS) is 25.7. The van der Waals surface area contributed by atoms with Crippen LogP contribution in [0.25, 0.3) is 0 Å². The minimum Gasteiger partial charge on any atom is -0.492 e. The van der Waals surface area contributed by atoms with Crippen LogP contribution in [0.15, 0.2) is 29.3 Å². The molecule has 138 valence electrons. The minimum absolute atomic E-state index is 0.557. The molecule has 1 atom stereocenters. The number of nitrogens with zero attached hydrogens (tertiary/aromatic N) is 3. The first-order valence-corrected chi connectivity index (χ1v) is 9.42. The van der Waals surface area contributed by atoms with E-state index in [0.29, 0.717) is 12.6 Å². The van der Waals surface area contributed by atoms with Crippen molar-refractivity contribution in [2.45, 2.75) is 19.9 Å². The SMILES string of the molecule is CCNC(=NCC1CN2CCN1CC2)NCCOc1ccc(C)cc1. The third kappa shape index (κ3) is 5.34. The number of rotatable bonds is 7. The highest BCUT2D eigenvalue weighted by Crippen LogP contribution is 2.15. The van der Waals surface area contributed by atoms with Crippen LogP contribution in [0, 0.1) is 6.92 Å². The van der Waals surface area contributed by atoms with E-state index in [4.69, 9.17) is 9.73 Å². The second-order valence-corrected chi connectivity index (χ2v) is 6.80. The van der Waals surface area contributed by atoms with Gasteiger partial charge < -0.3 is 15.4 Å². The van der Waals surface area contributed by atoms with E-state index in [1.54, 1.807) is 0 Å². The molecule has 0 amide bonds. The lowest BCUT2D eigenvalue weighted by Crippen LogP contribution is -2.62. The fraction of sp³-hybridized carbons (Fsp3) is 0.632. The summed E-state index contributed by atoms with van der Waals surface area (Å²) in [5, 5.41) is 6.69. The Morgan fingerprint density at radius 2 is 1.92 bits per heavy atom. The zero-order chi connectivity index (χ0) is 17.5. The van der Waals surface area contributed by atoms with Crippen LogP contribution < -0.4 is 15.4 Å². The quantitative estimate of drug-likeness (QED) is 0.437. The summed E-state index contributed by atoms with van der Waals surface area (Å²) < 4.78 is 5.76. The Bertz CT molecular complexity index is 551. The first-order chi connectivity index (χ1) is 12.2. The maximum atomic E-state index is 5.76. The fourth-order valence-electron chi connectivity index (χ4n) is 3.41. The number of benzene rings is 1. The summed E-state index contributed by atoms with van der Waals surface area (Å²) in [5.41, 5.74) is 1.25.